The van der Waals surface area contributed by atoms with Gasteiger partial charge in [0.1, 0.15) is 11.6 Å². The van der Waals surface area contributed by atoms with Crippen molar-refractivity contribution in [2.45, 2.75) is 12.7 Å². The number of amides is 1. The number of aromatic nitrogens is 2. The first-order valence-corrected chi connectivity index (χ1v) is 8.42. The van der Waals surface area contributed by atoms with Gasteiger partial charge in [-0.3, -0.25) is 4.79 Å². The Hall–Kier alpha value is -3.76. The van der Waals surface area contributed by atoms with Crippen LogP contribution in [0.5, 0.6) is 0 Å². The number of hydrogen-bond acceptors (Lipinski definition) is 5. The van der Waals surface area contributed by atoms with Gasteiger partial charge in [-0.2, -0.15) is 13.2 Å². The molecule has 0 radical (unpaired) electrons. The van der Waals surface area contributed by atoms with Gasteiger partial charge in [-0.05, 0) is 36.4 Å². The second-order valence-corrected chi connectivity index (χ2v) is 6.10. The molecule has 1 aromatic carbocycles. The molecule has 0 aliphatic rings. The molecule has 0 aliphatic heterocycles. The van der Waals surface area contributed by atoms with E-state index in [4.69, 9.17) is 5.73 Å². The number of nitrogen functional groups attached to an aromatic ring is 1. The fourth-order valence-corrected chi connectivity index (χ4v) is 2.50. The Morgan fingerprint density at radius 2 is 1.83 bits per heavy atom. The third-order valence-corrected chi connectivity index (χ3v) is 3.99. The van der Waals surface area contributed by atoms with Crippen LogP contribution in [0.1, 0.15) is 21.6 Å². The van der Waals surface area contributed by atoms with Gasteiger partial charge < -0.3 is 16.4 Å². The van der Waals surface area contributed by atoms with Gasteiger partial charge in [-0.25, -0.2) is 18.7 Å². The van der Waals surface area contributed by atoms with Crippen molar-refractivity contribution in [2.24, 2.45) is 0 Å². The van der Waals surface area contributed by atoms with E-state index in [0.29, 0.717) is 11.9 Å². The van der Waals surface area contributed by atoms with Gasteiger partial charge in [0, 0.05) is 30.2 Å². The fourth-order valence-electron chi connectivity index (χ4n) is 2.50. The number of anilines is 3. The smallest absolute Gasteiger partial charge is 0.382 e. The quantitative estimate of drug-likeness (QED) is 0.535. The second-order valence-electron chi connectivity index (χ2n) is 6.10. The van der Waals surface area contributed by atoms with E-state index in [1.165, 1.54) is 18.3 Å². The second kappa shape index (κ2) is 8.31. The zero-order valence-corrected chi connectivity index (χ0v) is 15.1. The maximum Gasteiger partial charge on any atom is 0.417 e. The molecule has 0 atom stereocenters. The molecule has 0 spiro atoms. The lowest BCUT2D eigenvalue weighted by molar-refractivity contribution is -0.138. The molecule has 3 aromatic rings. The molecule has 0 fully saturated rings. The number of carbonyl (C=O) groups is 1. The summed E-state index contributed by atoms with van der Waals surface area (Å²) < 4.78 is 65.8. The first kappa shape index (κ1) is 21.0. The third-order valence-electron chi connectivity index (χ3n) is 3.99. The van der Waals surface area contributed by atoms with E-state index in [0.717, 1.165) is 6.07 Å². The number of nitrogens with one attached hydrogen (secondary N) is 2. The van der Waals surface area contributed by atoms with Crippen LogP contribution in [0.2, 0.25) is 0 Å². The number of nitrogens with zero attached hydrogens (tertiary/aromatic N) is 2. The van der Waals surface area contributed by atoms with E-state index in [1.54, 1.807) is 12.1 Å². The van der Waals surface area contributed by atoms with Crippen LogP contribution >= 0.6 is 0 Å². The number of rotatable bonds is 5. The summed E-state index contributed by atoms with van der Waals surface area (Å²) in [5, 5.41) is 5.17. The van der Waals surface area contributed by atoms with Gasteiger partial charge in [0.25, 0.3) is 5.91 Å². The standard InChI is InChI=1S/C19H14F5N5O/c20-13-4-3-12(6-10(13)8-27-15-2-1-5-26-17(15)25)29-18(30)16-14(21)7-11(9-28-16)19(22,23)24/h1-7,9,27H,8H2,(H2,25,26)(H,29,30). The summed E-state index contributed by atoms with van der Waals surface area (Å²) in [5.41, 5.74) is 4.28. The van der Waals surface area contributed by atoms with Gasteiger partial charge in [0.05, 0.1) is 11.3 Å². The van der Waals surface area contributed by atoms with Crippen LogP contribution in [0.3, 0.4) is 0 Å². The predicted octanol–water partition coefficient (Wildman–Crippen LogP) is 4.22. The molecule has 156 valence electrons. The molecule has 2 aromatic heterocycles. The van der Waals surface area contributed by atoms with E-state index >= 15 is 0 Å². The number of alkyl halides is 3. The van der Waals surface area contributed by atoms with Crippen LogP contribution in [0.15, 0.2) is 48.8 Å². The lowest BCUT2D eigenvalue weighted by Crippen LogP contribution is -2.17. The largest absolute Gasteiger partial charge is 0.417 e. The van der Waals surface area contributed by atoms with E-state index in [-0.39, 0.29) is 29.7 Å². The summed E-state index contributed by atoms with van der Waals surface area (Å²) in [6.07, 6.45) is -2.94. The molecule has 1 amide bonds. The zero-order valence-electron chi connectivity index (χ0n) is 15.1. The number of nitrogens with two attached hydrogens (primary N) is 1. The molecule has 2 heterocycles. The van der Waals surface area contributed by atoms with Crippen molar-refractivity contribution in [1.29, 1.82) is 0 Å². The Labute approximate surface area is 167 Å². The van der Waals surface area contributed by atoms with Crippen LogP contribution in [0, 0.1) is 11.6 Å². The molecule has 0 saturated carbocycles. The Morgan fingerprint density at radius 1 is 1.07 bits per heavy atom. The summed E-state index contributed by atoms with van der Waals surface area (Å²) in [6.45, 7) is -0.00166. The highest BCUT2D eigenvalue weighted by Crippen LogP contribution is 2.29. The number of pyridine rings is 2. The van der Waals surface area contributed by atoms with Gasteiger partial charge in [-0.15, -0.1) is 0 Å². The van der Waals surface area contributed by atoms with Crippen molar-refractivity contribution >= 4 is 23.1 Å². The minimum atomic E-state index is -4.79. The van der Waals surface area contributed by atoms with E-state index in [2.05, 4.69) is 20.6 Å². The van der Waals surface area contributed by atoms with Crippen LogP contribution in [0.25, 0.3) is 0 Å². The maximum atomic E-state index is 14.1. The first-order valence-electron chi connectivity index (χ1n) is 8.42. The minimum Gasteiger partial charge on any atom is -0.382 e. The van der Waals surface area contributed by atoms with E-state index in [1.807, 2.05) is 0 Å². The molecule has 11 heteroatoms. The van der Waals surface area contributed by atoms with Crippen LogP contribution < -0.4 is 16.4 Å². The van der Waals surface area contributed by atoms with E-state index in [9.17, 15) is 26.7 Å². The molecular weight excluding hydrogens is 409 g/mol. The zero-order chi connectivity index (χ0) is 21.9. The molecule has 0 bridgehead atoms. The number of halogens is 5. The van der Waals surface area contributed by atoms with Gasteiger partial charge in [-0.1, -0.05) is 0 Å². The first-order chi connectivity index (χ1) is 14.1. The van der Waals surface area contributed by atoms with Crippen molar-refractivity contribution in [3.05, 3.63) is 77.2 Å². The Balaban J connectivity index is 1.75. The molecule has 6 nitrogen and oxygen atoms in total. The lowest BCUT2D eigenvalue weighted by Gasteiger charge is -2.12. The number of benzene rings is 1. The highest BCUT2D eigenvalue weighted by molar-refractivity contribution is 6.03. The van der Waals surface area contributed by atoms with Crippen LogP contribution in [-0.4, -0.2) is 15.9 Å². The van der Waals surface area contributed by atoms with Crippen molar-refractivity contribution in [1.82, 2.24) is 9.97 Å². The number of hydrogen-bond donors (Lipinski definition) is 3. The highest BCUT2D eigenvalue weighted by Gasteiger charge is 2.32. The van der Waals surface area contributed by atoms with Gasteiger partial charge in [0.2, 0.25) is 0 Å². The molecule has 0 saturated heterocycles. The average Bonchev–Trinajstić information content (AvgIpc) is 2.68. The van der Waals surface area contributed by atoms with Crippen molar-refractivity contribution in [3.8, 4) is 0 Å². The monoisotopic (exact) mass is 423 g/mol. The topological polar surface area (TPSA) is 92.9 Å². The Morgan fingerprint density at radius 3 is 2.50 bits per heavy atom. The minimum absolute atomic E-state index is 0.00166. The molecular formula is C19H14F5N5O. The summed E-state index contributed by atoms with van der Waals surface area (Å²) in [6, 6.07) is 7.05. The predicted molar refractivity (Wildman–Crippen MR) is 99.5 cm³/mol. The summed E-state index contributed by atoms with van der Waals surface area (Å²) in [7, 11) is 0. The molecule has 30 heavy (non-hydrogen) atoms. The van der Waals surface area contributed by atoms with Gasteiger partial charge in [0.15, 0.2) is 11.5 Å². The van der Waals surface area contributed by atoms with Crippen molar-refractivity contribution in [2.75, 3.05) is 16.4 Å². The maximum absolute atomic E-state index is 14.1. The summed E-state index contributed by atoms with van der Waals surface area (Å²) in [4.78, 5) is 19.3. The molecule has 0 unspecified atom stereocenters. The molecule has 4 N–H and O–H groups in total. The van der Waals surface area contributed by atoms with Gasteiger partial charge >= 0.3 is 6.18 Å². The molecule has 0 aliphatic carbocycles. The SMILES string of the molecule is Nc1ncccc1NCc1cc(NC(=O)c2ncc(C(F)(F)F)cc2F)ccc1F. The normalized spacial score (nSPS) is 11.2. The van der Waals surface area contributed by atoms with E-state index < -0.39 is 35.0 Å². The Bertz CT molecular complexity index is 1090. The summed E-state index contributed by atoms with van der Waals surface area (Å²) >= 11 is 0. The van der Waals surface area contributed by atoms with Crippen LogP contribution in [-0.2, 0) is 12.7 Å². The third kappa shape index (κ3) is 4.80. The highest BCUT2D eigenvalue weighted by atomic mass is 19.4. The fraction of sp³-hybridized carbons (Fsp3) is 0.105. The summed E-state index contributed by atoms with van der Waals surface area (Å²) in [5.74, 6) is -2.88. The number of carbonyl (C=O) groups excluding carboxylic acids is 1. The van der Waals surface area contributed by atoms with Crippen molar-refractivity contribution < 1.29 is 26.7 Å². The Kier molecular flexibility index (Phi) is 5.81. The van der Waals surface area contributed by atoms with Crippen LogP contribution in [0.4, 0.5) is 39.1 Å². The van der Waals surface area contributed by atoms with Crippen molar-refractivity contribution in [3.63, 3.8) is 0 Å². The molecule has 3 rings (SSSR count). The average molecular weight is 423 g/mol. The lowest BCUT2D eigenvalue weighted by atomic mass is 10.1.